The number of hydrogen-bond donors (Lipinski definition) is 1. The lowest BCUT2D eigenvalue weighted by Crippen LogP contribution is -2.43. The van der Waals surface area contributed by atoms with Crippen molar-refractivity contribution < 1.29 is 4.79 Å². The Kier molecular flexibility index (Phi) is 3.53. The predicted molar refractivity (Wildman–Crippen MR) is 92.9 cm³/mol. The van der Waals surface area contributed by atoms with Crippen molar-refractivity contribution in [3.05, 3.63) is 65.2 Å². The number of benzene rings is 2. The van der Waals surface area contributed by atoms with E-state index in [9.17, 15) is 4.79 Å². The highest BCUT2D eigenvalue weighted by Gasteiger charge is 2.51. The minimum Gasteiger partial charge on any atom is -0.321 e. The average Bonchev–Trinajstić information content (AvgIpc) is 3.18. The summed E-state index contributed by atoms with van der Waals surface area (Å²) in [6.45, 7) is 0.807. The first kappa shape index (κ1) is 14.6. The number of urea groups is 1. The molecule has 23 heavy (non-hydrogen) atoms. The van der Waals surface area contributed by atoms with Gasteiger partial charge in [-0.05, 0) is 49.1 Å². The Morgan fingerprint density at radius 3 is 2.61 bits per heavy atom. The minimum absolute atomic E-state index is 0.00479. The molecular weight excluding hydrogens is 308 g/mol. The molecule has 2 atom stereocenters. The molecule has 2 bridgehead atoms. The van der Waals surface area contributed by atoms with Gasteiger partial charge in [-0.25, -0.2) is 4.79 Å². The van der Waals surface area contributed by atoms with Crippen molar-refractivity contribution >= 4 is 23.3 Å². The molecule has 1 aliphatic heterocycles. The van der Waals surface area contributed by atoms with Gasteiger partial charge in [0.25, 0.3) is 0 Å². The molecule has 0 aromatic heterocycles. The molecule has 4 heteroatoms. The molecule has 3 nitrogen and oxygen atoms in total. The van der Waals surface area contributed by atoms with Crippen LogP contribution in [0.3, 0.4) is 0 Å². The van der Waals surface area contributed by atoms with E-state index >= 15 is 0 Å². The quantitative estimate of drug-likeness (QED) is 0.854. The lowest BCUT2D eigenvalue weighted by molar-refractivity contribution is 0.190. The molecule has 2 fully saturated rings. The number of rotatable bonds is 2. The SMILES string of the molecule is O=C(Nc1ccc(Cl)cc1)N1CC2(c3ccccc3)CCC1C2. The summed E-state index contributed by atoms with van der Waals surface area (Å²) in [6, 6.07) is 18.2. The number of carbonyl (C=O) groups is 1. The van der Waals surface area contributed by atoms with Crippen molar-refractivity contribution in [3.8, 4) is 0 Å². The highest BCUT2D eigenvalue weighted by Crippen LogP contribution is 2.49. The minimum atomic E-state index is -0.00479. The molecule has 1 N–H and O–H groups in total. The van der Waals surface area contributed by atoms with Crippen LogP contribution in [0.25, 0.3) is 0 Å². The number of amides is 2. The number of carbonyl (C=O) groups excluding carboxylic acids is 1. The summed E-state index contributed by atoms with van der Waals surface area (Å²) in [5.41, 5.74) is 2.30. The number of piperidine rings is 1. The maximum atomic E-state index is 12.6. The molecule has 2 amide bonds. The highest BCUT2D eigenvalue weighted by molar-refractivity contribution is 6.30. The molecule has 1 heterocycles. The van der Waals surface area contributed by atoms with Crippen molar-refractivity contribution in [3.63, 3.8) is 0 Å². The molecule has 2 aliphatic rings. The Hall–Kier alpha value is -2.00. The Bertz CT molecular complexity index is 716. The molecule has 2 aromatic carbocycles. The molecule has 4 rings (SSSR count). The lowest BCUT2D eigenvalue weighted by Gasteiger charge is -2.33. The highest BCUT2D eigenvalue weighted by atomic mass is 35.5. The van der Waals surface area contributed by atoms with Gasteiger partial charge in [0, 0.05) is 28.7 Å². The second-order valence-corrected chi connectivity index (χ2v) is 7.04. The van der Waals surface area contributed by atoms with Crippen molar-refractivity contribution in [2.75, 3.05) is 11.9 Å². The molecule has 2 aromatic rings. The van der Waals surface area contributed by atoms with E-state index in [1.54, 1.807) is 12.1 Å². The third-order valence-electron chi connectivity index (χ3n) is 5.24. The monoisotopic (exact) mass is 326 g/mol. The zero-order valence-corrected chi connectivity index (χ0v) is 13.6. The Morgan fingerprint density at radius 2 is 1.87 bits per heavy atom. The van der Waals surface area contributed by atoms with Crippen LogP contribution in [0.4, 0.5) is 10.5 Å². The zero-order valence-electron chi connectivity index (χ0n) is 12.8. The van der Waals surface area contributed by atoms with Gasteiger partial charge in [0.05, 0.1) is 0 Å². The smallest absolute Gasteiger partial charge is 0.321 e. The van der Waals surface area contributed by atoms with Crippen molar-refractivity contribution in [1.29, 1.82) is 0 Å². The van der Waals surface area contributed by atoms with Gasteiger partial charge in [-0.1, -0.05) is 41.9 Å². The summed E-state index contributed by atoms with van der Waals surface area (Å²) in [6.07, 6.45) is 3.33. The molecular formula is C19H19ClN2O. The first-order chi connectivity index (χ1) is 11.2. The Balaban J connectivity index is 1.51. The van der Waals surface area contributed by atoms with E-state index in [4.69, 9.17) is 11.6 Å². The molecule has 0 spiro atoms. The van der Waals surface area contributed by atoms with E-state index < -0.39 is 0 Å². The standard InChI is InChI=1S/C19H19ClN2O/c20-15-6-8-16(9-7-15)21-18(23)22-13-19(11-10-17(22)12-19)14-4-2-1-3-5-14/h1-9,17H,10-13H2,(H,21,23). The van der Waals surface area contributed by atoms with Gasteiger partial charge in [0.15, 0.2) is 0 Å². The summed E-state index contributed by atoms with van der Waals surface area (Å²) in [5, 5.41) is 3.67. The second-order valence-electron chi connectivity index (χ2n) is 6.61. The van der Waals surface area contributed by atoms with E-state index in [0.29, 0.717) is 11.1 Å². The first-order valence-corrected chi connectivity index (χ1v) is 8.43. The van der Waals surface area contributed by atoms with E-state index in [-0.39, 0.29) is 11.4 Å². The number of likely N-dealkylation sites (tertiary alicyclic amines) is 1. The summed E-state index contributed by atoms with van der Waals surface area (Å²) in [5.74, 6) is 0. The number of fused-ring (bicyclic) bond motifs is 2. The molecule has 0 radical (unpaired) electrons. The third kappa shape index (κ3) is 2.59. The number of halogens is 1. The second kappa shape index (κ2) is 5.57. The van der Waals surface area contributed by atoms with Crippen molar-refractivity contribution in [2.45, 2.75) is 30.7 Å². The van der Waals surface area contributed by atoms with Gasteiger partial charge in [0.2, 0.25) is 0 Å². The topological polar surface area (TPSA) is 32.3 Å². The van der Waals surface area contributed by atoms with Crippen molar-refractivity contribution in [2.24, 2.45) is 0 Å². The predicted octanol–water partition coefficient (Wildman–Crippen LogP) is 4.68. The van der Waals surface area contributed by atoms with Gasteiger partial charge in [-0.3, -0.25) is 0 Å². The normalized spacial score (nSPS) is 25.6. The Morgan fingerprint density at radius 1 is 1.13 bits per heavy atom. The fourth-order valence-electron chi connectivity index (χ4n) is 4.07. The first-order valence-electron chi connectivity index (χ1n) is 8.05. The Labute approximate surface area is 141 Å². The molecule has 2 unspecified atom stereocenters. The largest absolute Gasteiger partial charge is 0.322 e. The summed E-state index contributed by atoms with van der Waals surface area (Å²) < 4.78 is 0. The van der Waals surface area contributed by atoms with Crippen LogP contribution < -0.4 is 5.32 Å². The van der Waals surface area contributed by atoms with Crippen LogP contribution in [0.1, 0.15) is 24.8 Å². The summed E-state index contributed by atoms with van der Waals surface area (Å²) in [4.78, 5) is 14.6. The van der Waals surface area contributed by atoms with Crippen LogP contribution in [-0.4, -0.2) is 23.5 Å². The third-order valence-corrected chi connectivity index (χ3v) is 5.49. The van der Waals surface area contributed by atoms with Crippen molar-refractivity contribution in [1.82, 2.24) is 4.90 Å². The maximum absolute atomic E-state index is 12.6. The zero-order chi connectivity index (χ0) is 15.9. The maximum Gasteiger partial charge on any atom is 0.322 e. The van der Waals surface area contributed by atoms with Crippen LogP contribution >= 0.6 is 11.6 Å². The van der Waals surface area contributed by atoms with Crippen LogP contribution in [0, 0.1) is 0 Å². The van der Waals surface area contributed by atoms with Crippen LogP contribution in [-0.2, 0) is 5.41 Å². The van der Waals surface area contributed by atoms with E-state index in [0.717, 1.165) is 25.1 Å². The van der Waals surface area contributed by atoms with Crippen LogP contribution in [0.5, 0.6) is 0 Å². The van der Waals surface area contributed by atoms with Gasteiger partial charge in [-0.2, -0.15) is 0 Å². The molecule has 118 valence electrons. The van der Waals surface area contributed by atoms with Gasteiger partial charge in [0.1, 0.15) is 0 Å². The van der Waals surface area contributed by atoms with Crippen LogP contribution in [0.2, 0.25) is 5.02 Å². The average molecular weight is 327 g/mol. The fourth-order valence-corrected chi connectivity index (χ4v) is 4.20. The van der Waals surface area contributed by atoms with E-state index in [2.05, 4.69) is 29.6 Å². The van der Waals surface area contributed by atoms with E-state index in [1.165, 1.54) is 12.0 Å². The number of nitrogens with zero attached hydrogens (tertiary/aromatic N) is 1. The molecule has 1 saturated carbocycles. The number of nitrogens with one attached hydrogen (secondary N) is 1. The summed E-state index contributed by atoms with van der Waals surface area (Å²) in [7, 11) is 0. The molecule has 1 aliphatic carbocycles. The van der Waals surface area contributed by atoms with Gasteiger partial charge < -0.3 is 10.2 Å². The lowest BCUT2D eigenvalue weighted by atomic mass is 9.80. The summed E-state index contributed by atoms with van der Waals surface area (Å²) >= 11 is 5.89. The van der Waals surface area contributed by atoms with Gasteiger partial charge in [-0.15, -0.1) is 0 Å². The van der Waals surface area contributed by atoms with E-state index in [1.807, 2.05) is 23.1 Å². The fraction of sp³-hybridized carbons (Fsp3) is 0.316. The molecule has 1 saturated heterocycles. The van der Waals surface area contributed by atoms with Gasteiger partial charge >= 0.3 is 6.03 Å². The number of anilines is 1. The van der Waals surface area contributed by atoms with Crippen LogP contribution in [0.15, 0.2) is 54.6 Å². The number of hydrogen-bond acceptors (Lipinski definition) is 1.